The van der Waals surface area contributed by atoms with Crippen LogP contribution in [-0.2, 0) is 27.1 Å². The standard InChI is InChI=1S/C11H16O.C9H13.2CH3.2ClH.Si.Ti/c1-8-5-9(11(2,3)4)7-10(12)6-8;1-6-5-7(2)9(4)8(6)3;;;;;;/h5-7,12H,1-4H3;6H,1-4H3;2*1H3;2*1H;;/q;3*-1;;;;+3. The first-order chi connectivity index (χ1) is 9.52. The van der Waals surface area contributed by atoms with Crippen molar-refractivity contribution in [2.75, 3.05) is 0 Å². The van der Waals surface area contributed by atoms with Crippen LogP contribution in [-0.4, -0.2) is 16.1 Å². The number of rotatable bonds is 0. The van der Waals surface area contributed by atoms with Crippen molar-refractivity contribution in [1.29, 1.82) is 0 Å². The summed E-state index contributed by atoms with van der Waals surface area (Å²) in [6.07, 6.45) is 3.36. The molecule has 1 aliphatic carbocycles. The van der Waals surface area contributed by atoms with Crippen molar-refractivity contribution in [2.45, 2.75) is 60.8 Å². The zero-order valence-electron chi connectivity index (χ0n) is 18.6. The average Bonchev–Trinajstić information content (AvgIpc) is 2.55. The third kappa shape index (κ3) is 13.0. The van der Waals surface area contributed by atoms with Gasteiger partial charge in [-0.05, 0) is 35.6 Å². The van der Waals surface area contributed by atoms with Crippen LogP contribution in [0.2, 0.25) is 0 Å². The summed E-state index contributed by atoms with van der Waals surface area (Å²) in [6.45, 7) is 17.1. The molecule has 1 nitrogen and oxygen atoms in total. The van der Waals surface area contributed by atoms with E-state index in [4.69, 9.17) is 0 Å². The Labute approximate surface area is 201 Å². The summed E-state index contributed by atoms with van der Waals surface area (Å²) in [5.41, 5.74) is 6.65. The van der Waals surface area contributed by atoms with Gasteiger partial charge in [0.25, 0.3) is 0 Å². The molecule has 1 N–H and O–H groups in total. The molecule has 0 saturated heterocycles. The third-order valence-electron chi connectivity index (χ3n) is 4.16. The summed E-state index contributed by atoms with van der Waals surface area (Å²) >= 11 is 0. The van der Waals surface area contributed by atoms with Gasteiger partial charge in [-0.25, -0.2) is 5.57 Å². The quantitative estimate of drug-likeness (QED) is 0.321. The number of phenolic OH excluding ortho intramolecular Hbond substituents is 1. The molecule has 153 valence electrons. The van der Waals surface area contributed by atoms with E-state index in [1.807, 2.05) is 13.0 Å². The second-order valence-corrected chi connectivity index (χ2v) is 7.11. The molecule has 5 heteroatoms. The van der Waals surface area contributed by atoms with Gasteiger partial charge in [0.2, 0.25) is 0 Å². The zero-order chi connectivity index (χ0) is 16.4. The van der Waals surface area contributed by atoms with E-state index in [0.29, 0.717) is 11.7 Å². The van der Waals surface area contributed by atoms with Crippen molar-refractivity contribution in [1.82, 2.24) is 0 Å². The number of halogens is 2. The molecule has 0 heterocycles. The number of allylic oxidation sites excluding steroid dienone is 4. The number of phenols is 1. The zero-order valence-corrected chi connectivity index (χ0v) is 22.8. The molecule has 0 saturated carbocycles. The third-order valence-corrected chi connectivity index (χ3v) is 4.16. The molecule has 0 amide bonds. The summed E-state index contributed by atoms with van der Waals surface area (Å²) in [7, 11) is 0. The van der Waals surface area contributed by atoms with E-state index in [2.05, 4.69) is 60.6 Å². The van der Waals surface area contributed by atoms with Crippen LogP contribution in [0.15, 0.2) is 34.9 Å². The maximum atomic E-state index is 9.36. The largest absolute Gasteiger partial charge is 3.00 e. The first kappa shape index (κ1) is 41.4. The summed E-state index contributed by atoms with van der Waals surface area (Å²) in [5, 5.41) is 9.36. The fraction of sp³-hybridized carbons (Fsp3) is 0.455. The van der Waals surface area contributed by atoms with Crippen molar-refractivity contribution in [2.24, 2.45) is 5.92 Å². The van der Waals surface area contributed by atoms with E-state index in [1.165, 1.54) is 22.3 Å². The predicted octanol–water partition coefficient (Wildman–Crippen LogP) is 7.08. The molecular weight excluding hydrogens is 427 g/mol. The molecule has 27 heavy (non-hydrogen) atoms. The van der Waals surface area contributed by atoms with Crippen molar-refractivity contribution in [3.05, 3.63) is 67.0 Å². The van der Waals surface area contributed by atoms with Crippen molar-refractivity contribution in [3.63, 3.8) is 0 Å². The average molecular weight is 464 g/mol. The van der Waals surface area contributed by atoms with Crippen LogP contribution < -0.4 is 0 Å². The van der Waals surface area contributed by atoms with E-state index in [9.17, 15) is 5.11 Å². The maximum Gasteiger partial charge on any atom is 3.00 e. The number of aromatic hydroxyl groups is 1. The molecule has 1 unspecified atom stereocenters. The van der Waals surface area contributed by atoms with Gasteiger partial charge in [0.1, 0.15) is 5.75 Å². The molecule has 0 bridgehead atoms. The van der Waals surface area contributed by atoms with Crippen molar-refractivity contribution < 1.29 is 26.8 Å². The fourth-order valence-electron chi connectivity index (χ4n) is 2.36. The summed E-state index contributed by atoms with van der Waals surface area (Å²) in [5.74, 6) is 0.921. The minimum absolute atomic E-state index is 0. The minimum atomic E-state index is 0. The number of benzene rings is 1. The minimum Gasteiger partial charge on any atom is -0.508 e. The molecule has 1 aromatic rings. The van der Waals surface area contributed by atoms with E-state index in [1.54, 1.807) is 6.07 Å². The Morgan fingerprint density at radius 1 is 0.926 bits per heavy atom. The molecule has 0 spiro atoms. The Bertz CT molecular complexity index is 570. The van der Waals surface area contributed by atoms with Crippen molar-refractivity contribution in [3.8, 4) is 5.75 Å². The molecule has 5 radical (unpaired) electrons. The van der Waals surface area contributed by atoms with Gasteiger partial charge in [-0.15, -0.1) is 31.7 Å². The van der Waals surface area contributed by atoms with Crippen molar-refractivity contribution >= 4 is 35.8 Å². The molecule has 0 aromatic heterocycles. The van der Waals surface area contributed by atoms with Gasteiger partial charge >= 0.3 is 21.7 Å². The van der Waals surface area contributed by atoms with E-state index in [0.717, 1.165) is 5.56 Å². The first-order valence-electron chi connectivity index (χ1n) is 7.61. The van der Waals surface area contributed by atoms with Gasteiger partial charge in [0.15, 0.2) is 0 Å². The van der Waals surface area contributed by atoms with Gasteiger partial charge in [-0.3, -0.25) is 6.08 Å². The Kier molecular flexibility index (Phi) is 25.9. The Balaban J connectivity index is -0.0000000682. The Hall–Kier alpha value is 0.0112. The fourth-order valence-corrected chi connectivity index (χ4v) is 2.36. The summed E-state index contributed by atoms with van der Waals surface area (Å²) in [6, 6.07) is 5.71. The number of hydrogen-bond acceptors (Lipinski definition) is 1. The van der Waals surface area contributed by atoms with Gasteiger partial charge in [0.05, 0.1) is 0 Å². The summed E-state index contributed by atoms with van der Waals surface area (Å²) < 4.78 is 0. The van der Waals surface area contributed by atoms with Gasteiger partial charge in [-0.1, -0.05) is 53.5 Å². The molecule has 0 fully saturated rings. The Morgan fingerprint density at radius 2 is 1.37 bits per heavy atom. The van der Waals surface area contributed by atoms with Gasteiger partial charge in [0, 0.05) is 11.0 Å². The second kappa shape index (κ2) is 16.9. The van der Waals surface area contributed by atoms with E-state index < -0.39 is 0 Å². The maximum absolute atomic E-state index is 9.36. The number of aryl methyl sites for hydroxylation is 1. The van der Waals surface area contributed by atoms with Crippen LogP contribution in [0, 0.1) is 33.8 Å². The normalized spacial score (nSPS) is 14.2. The smallest absolute Gasteiger partial charge is 0.508 e. The molecule has 1 aliphatic rings. The number of hydrogen-bond donors (Lipinski definition) is 1. The van der Waals surface area contributed by atoms with Crippen LogP contribution in [0.25, 0.3) is 0 Å². The van der Waals surface area contributed by atoms with Crippen LogP contribution >= 0.6 is 24.8 Å². The predicted molar refractivity (Wildman–Crippen MR) is 125 cm³/mol. The molecule has 2 rings (SSSR count). The second-order valence-electron chi connectivity index (χ2n) is 7.11. The van der Waals surface area contributed by atoms with E-state index in [-0.39, 0.29) is 77.8 Å². The molecule has 1 atom stereocenters. The van der Waals surface area contributed by atoms with Crippen LogP contribution in [0.5, 0.6) is 5.75 Å². The molecule has 0 aliphatic heterocycles. The summed E-state index contributed by atoms with van der Waals surface area (Å²) in [4.78, 5) is 0. The first-order valence-corrected chi connectivity index (χ1v) is 7.61. The van der Waals surface area contributed by atoms with Crippen LogP contribution in [0.4, 0.5) is 0 Å². The van der Waals surface area contributed by atoms with Gasteiger partial charge < -0.3 is 20.0 Å². The van der Waals surface area contributed by atoms with Gasteiger partial charge in [-0.2, -0.15) is 11.1 Å². The topological polar surface area (TPSA) is 20.2 Å². The SMILES string of the molecule is CC1=[C-]C(C)C(C)=C1C.Cc1cc(O)cc(C(C)(C)C)c1.Cl.Cl.[CH3-].[CH3-].[Si].[Ti+3]. The van der Waals surface area contributed by atoms with Crippen LogP contribution in [0.3, 0.4) is 0 Å². The molecular formula is C22H37Cl2OSiTi. The molecule has 1 aromatic carbocycles. The Morgan fingerprint density at radius 3 is 1.59 bits per heavy atom. The van der Waals surface area contributed by atoms with E-state index >= 15 is 0 Å². The van der Waals surface area contributed by atoms with Crippen LogP contribution in [0.1, 0.15) is 59.6 Å². The monoisotopic (exact) mass is 463 g/mol.